The van der Waals surface area contributed by atoms with Gasteiger partial charge >= 0.3 is 0 Å². The van der Waals surface area contributed by atoms with Crippen LogP contribution in [0.3, 0.4) is 0 Å². The van der Waals surface area contributed by atoms with Crippen LogP contribution in [0, 0.1) is 0 Å². The van der Waals surface area contributed by atoms with E-state index < -0.39 is 11.5 Å². The van der Waals surface area contributed by atoms with E-state index in [2.05, 4.69) is 0 Å². The van der Waals surface area contributed by atoms with Crippen LogP contribution in [-0.4, -0.2) is 12.5 Å². The third kappa shape index (κ3) is 1.33. The smallest absolute Gasteiger partial charge is 0.252 e. The lowest BCUT2D eigenvalue weighted by molar-refractivity contribution is -0.125. The van der Waals surface area contributed by atoms with Gasteiger partial charge in [0.05, 0.1) is 12.1 Å². The highest BCUT2D eigenvalue weighted by atomic mass is 19.3. The highest BCUT2D eigenvalue weighted by molar-refractivity contribution is 5.49. The number of hydrogen-bond donors (Lipinski definition) is 1. The quantitative estimate of drug-likeness (QED) is 0.795. The van der Waals surface area contributed by atoms with Crippen molar-refractivity contribution in [3.05, 3.63) is 29.3 Å². The second kappa shape index (κ2) is 2.94. The molecule has 0 aromatic heterocycles. The molecule has 2 nitrogen and oxygen atoms in total. The SMILES string of the molecule is NC1(c2cccc3c2OCC3)CC(F)(F)C1. The molecule has 1 fully saturated rings. The molecular weight excluding hydrogens is 212 g/mol. The Morgan fingerprint density at radius 3 is 2.69 bits per heavy atom. The lowest BCUT2D eigenvalue weighted by Crippen LogP contribution is -2.55. The molecule has 1 aromatic carbocycles. The molecule has 1 aromatic rings. The summed E-state index contributed by atoms with van der Waals surface area (Å²) in [6.45, 7) is 0.624. The van der Waals surface area contributed by atoms with Gasteiger partial charge in [0.1, 0.15) is 5.75 Å². The van der Waals surface area contributed by atoms with Crippen molar-refractivity contribution in [2.75, 3.05) is 6.61 Å². The van der Waals surface area contributed by atoms with E-state index in [1.54, 1.807) is 6.07 Å². The van der Waals surface area contributed by atoms with Crippen molar-refractivity contribution in [2.24, 2.45) is 5.73 Å². The summed E-state index contributed by atoms with van der Waals surface area (Å²) < 4.78 is 31.4. The summed E-state index contributed by atoms with van der Waals surface area (Å²) in [6, 6.07) is 5.64. The van der Waals surface area contributed by atoms with Crippen LogP contribution in [0.4, 0.5) is 8.78 Å². The first kappa shape index (κ1) is 10.0. The summed E-state index contributed by atoms with van der Waals surface area (Å²) in [5.74, 6) is -1.88. The minimum atomic E-state index is -2.62. The zero-order valence-corrected chi connectivity index (χ0v) is 8.80. The highest BCUT2D eigenvalue weighted by Gasteiger charge is 2.56. The summed E-state index contributed by atoms with van der Waals surface area (Å²) in [5.41, 5.74) is 6.93. The van der Waals surface area contributed by atoms with Crippen molar-refractivity contribution in [3.63, 3.8) is 0 Å². The van der Waals surface area contributed by atoms with Gasteiger partial charge in [-0.25, -0.2) is 8.78 Å². The fourth-order valence-electron chi connectivity index (χ4n) is 2.67. The van der Waals surface area contributed by atoms with E-state index in [0.717, 1.165) is 23.3 Å². The predicted octanol–water partition coefficient (Wildman–Crippen LogP) is 2.20. The van der Waals surface area contributed by atoms with Crippen LogP contribution in [0.15, 0.2) is 18.2 Å². The maximum atomic E-state index is 13.0. The van der Waals surface area contributed by atoms with E-state index in [0.29, 0.717) is 6.61 Å². The van der Waals surface area contributed by atoms with Crippen molar-refractivity contribution in [1.29, 1.82) is 0 Å². The van der Waals surface area contributed by atoms with Gasteiger partial charge in [-0.1, -0.05) is 18.2 Å². The molecule has 0 spiro atoms. The average molecular weight is 225 g/mol. The molecule has 0 amide bonds. The Morgan fingerprint density at radius 2 is 2.00 bits per heavy atom. The zero-order chi connectivity index (χ0) is 11.4. The number of hydrogen-bond acceptors (Lipinski definition) is 2. The Morgan fingerprint density at radius 1 is 1.25 bits per heavy atom. The molecule has 3 rings (SSSR count). The monoisotopic (exact) mass is 225 g/mol. The fraction of sp³-hybridized carbons (Fsp3) is 0.500. The Bertz CT molecular complexity index is 437. The van der Waals surface area contributed by atoms with Crippen LogP contribution in [-0.2, 0) is 12.0 Å². The zero-order valence-electron chi connectivity index (χ0n) is 8.80. The molecule has 1 saturated carbocycles. The summed E-state index contributed by atoms with van der Waals surface area (Å²) in [6.07, 6.45) is 0.287. The summed E-state index contributed by atoms with van der Waals surface area (Å²) >= 11 is 0. The van der Waals surface area contributed by atoms with Crippen molar-refractivity contribution in [1.82, 2.24) is 0 Å². The average Bonchev–Trinajstić information content (AvgIpc) is 2.60. The van der Waals surface area contributed by atoms with Crippen molar-refractivity contribution in [2.45, 2.75) is 30.7 Å². The number of para-hydroxylation sites is 1. The Labute approximate surface area is 92.4 Å². The molecule has 16 heavy (non-hydrogen) atoms. The van der Waals surface area contributed by atoms with Gasteiger partial charge in [0.25, 0.3) is 5.92 Å². The Kier molecular flexibility index (Phi) is 1.84. The molecule has 0 unspecified atom stereocenters. The number of rotatable bonds is 1. The number of nitrogens with two attached hydrogens (primary N) is 1. The normalized spacial score (nSPS) is 24.4. The summed E-state index contributed by atoms with van der Waals surface area (Å²) in [4.78, 5) is 0. The summed E-state index contributed by atoms with van der Waals surface area (Å²) in [5, 5.41) is 0. The first-order valence-corrected chi connectivity index (χ1v) is 5.42. The van der Waals surface area contributed by atoms with Crippen molar-refractivity contribution < 1.29 is 13.5 Å². The van der Waals surface area contributed by atoms with Crippen LogP contribution in [0.5, 0.6) is 5.75 Å². The molecule has 86 valence electrons. The molecule has 1 aliphatic heterocycles. The number of ether oxygens (including phenoxy) is 1. The molecule has 2 aliphatic rings. The lowest BCUT2D eigenvalue weighted by Gasteiger charge is -2.45. The number of halogens is 2. The van der Waals surface area contributed by atoms with Crippen LogP contribution < -0.4 is 10.5 Å². The number of fused-ring (bicyclic) bond motifs is 1. The van der Waals surface area contributed by atoms with Gasteiger partial charge in [-0.3, -0.25) is 0 Å². The van der Waals surface area contributed by atoms with E-state index in [4.69, 9.17) is 10.5 Å². The van der Waals surface area contributed by atoms with Crippen molar-refractivity contribution in [3.8, 4) is 5.75 Å². The first-order chi connectivity index (χ1) is 7.50. The molecule has 0 saturated heterocycles. The van der Waals surface area contributed by atoms with E-state index in [1.165, 1.54) is 0 Å². The number of benzene rings is 1. The van der Waals surface area contributed by atoms with Gasteiger partial charge in [-0.15, -0.1) is 0 Å². The maximum Gasteiger partial charge on any atom is 0.252 e. The molecule has 4 heteroatoms. The minimum absolute atomic E-state index is 0.278. The molecule has 1 aliphatic carbocycles. The maximum absolute atomic E-state index is 13.0. The second-order valence-electron chi connectivity index (χ2n) is 4.76. The molecule has 1 heterocycles. The van der Waals surface area contributed by atoms with Gasteiger partial charge in [0.15, 0.2) is 0 Å². The standard InChI is InChI=1S/C12H13F2NO/c13-12(14)6-11(15,7-12)9-3-1-2-8-4-5-16-10(8)9/h1-3H,4-7,15H2. The van der Waals surface area contributed by atoms with Gasteiger partial charge in [0, 0.05) is 24.8 Å². The third-order valence-corrected chi connectivity index (χ3v) is 3.40. The topological polar surface area (TPSA) is 35.2 Å². The van der Waals surface area contributed by atoms with E-state index in [1.807, 2.05) is 12.1 Å². The first-order valence-electron chi connectivity index (χ1n) is 5.42. The van der Waals surface area contributed by atoms with E-state index >= 15 is 0 Å². The Hall–Kier alpha value is -1.16. The Balaban J connectivity index is 1.99. The highest BCUT2D eigenvalue weighted by Crippen LogP contribution is 2.52. The van der Waals surface area contributed by atoms with Crippen LogP contribution in [0.2, 0.25) is 0 Å². The molecule has 2 N–H and O–H groups in total. The van der Waals surface area contributed by atoms with E-state index in [-0.39, 0.29) is 12.8 Å². The van der Waals surface area contributed by atoms with Crippen LogP contribution in [0.25, 0.3) is 0 Å². The number of alkyl halides is 2. The lowest BCUT2D eigenvalue weighted by atomic mass is 9.69. The van der Waals surface area contributed by atoms with Crippen molar-refractivity contribution >= 4 is 0 Å². The van der Waals surface area contributed by atoms with Crippen LogP contribution in [0.1, 0.15) is 24.0 Å². The predicted molar refractivity (Wildman–Crippen MR) is 55.7 cm³/mol. The summed E-state index contributed by atoms with van der Waals surface area (Å²) in [7, 11) is 0. The molecular formula is C12H13F2NO. The van der Waals surface area contributed by atoms with Gasteiger partial charge in [-0.05, 0) is 5.56 Å². The van der Waals surface area contributed by atoms with Gasteiger partial charge in [0.2, 0.25) is 0 Å². The largest absolute Gasteiger partial charge is 0.493 e. The minimum Gasteiger partial charge on any atom is -0.493 e. The molecule has 0 radical (unpaired) electrons. The fourth-order valence-corrected chi connectivity index (χ4v) is 2.67. The third-order valence-electron chi connectivity index (χ3n) is 3.40. The molecule has 0 atom stereocenters. The van der Waals surface area contributed by atoms with Gasteiger partial charge < -0.3 is 10.5 Å². The second-order valence-corrected chi connectivity index (χ2v) is 4.76. The van der Waals surface area contributed by atoms with Gasteiger partial charge in [-0.2, -0.15) is 0 Å². The van der Waals surface area contributed by atoms with E-state index in [9.17, 15) is 8.78 Å². The van der Waals surface area contributed by atoms with Crippen LogP contribution >= 0.6 is 0 Å². The molecule has 0 bridgehead atoms.